The van der Waals surface area contributed by atoms with E-state index >= 15 is 0 Å². The van der Waals surface area contributed by atoms with E-state index in [1.807, 2.05) is 20.8 Å². The highest BCUT2D eigenvalue weighted by atomic mass is 35.5. The summed E-state index contributed by atoms with van der Waals surface area (Å²) < 4.78 is 1.80. The van der Waals surface area contributed by atoms with Crippen LogP contribution in [-0.4, -0.2) is 27.5 Å². The van der Waals surface area contributed by atoms with Gasteiger partial charge in [-0.2, -0.15) is 5.10 Å². The SMILES string of the molecule is CCn1nc(C)c(C(=O)NCCCC(=O)Cl)c1C. The van der Waals surface area contributed by atoms with Crippen molar-refractivity contribution < 1.29 is 9.59 Å². The monoisotopic (exact) mass is 271 g/mol. The summed E-state index contributed by atoms with van der Waals surface area (Å²) >= 11 is 5.22. The van der Waals surface area contributed by atoms with Crippen LogP contribution in [0.25, 0.3) is 0 Å². The molecule has 18 heavy (non-hydrogen) atoms. The van der Waals surface area contributed by atoms with E-state index in [4.69, 9.17) is 11.6 Å². The van der Waals surface area contributed by atoms with Crippen molar-refractivity contribution >= 4 is 22.8 Å². The molecule has 1 aromatic rings. The van der Waals surface area contributed by atoms with E-state index in [1.54, 1.807) is 4.68 Å². The first-order valence-corrected chi connectivity index (χ1v) is 6.35. The largest absolute Gasteiger partial charge is 0.352 e. The van der Waals surface area contributed by atoms with Crippen molar-refractivity contribution in [2.45, 2.75) is 40.2 Å². The van der Waals surface area contributed by atoms with Crippen LogP contribution >= 0.6 is 11.6 Å². The first-order valence-electron chi connectivity index (χ1n) is 5.97. The molecule has 0 atom stereocenters. The van der Waals surface area contributed by atoms with Gasteiger partial charge >= 0.3 is 0 Å². The molecule has 0 fully saturated rings. The maximum absolute atomic E-state index is 12.0. The Morgan fingerprint density at radius 2 is 2.06 bits per heavy atom. The molecule has 0 bridgehead atoms. The van der Waals surface area contributed by atoms with Gasteiger partial charge in [0.05, 0.1) is 11.3 Å². The van der Waals surface area contributed by atoms with Crippen molar-refractivity contribution in [2.24, 2.45) is 0 Å². The second-order valence-electron chi connectivity index (χ2n) is 4.08. The molecule has 0 aliphatic carbocycles. The Kier molecular flexibility index (Phi) is 5.34. The molecule has 0 spiro atoms. The zero-order valence-corrected chi connectivity index (χ0v) is 11.7. The highest BCUT2D eigenvalue weighted by Gasteiger charge is 2.17. The molecule has 0 saturated heterocycles. The summed E-state index contributed by atoms with van der Waals surface area (Å²) in [6, 6.07) is 0. The Balaban J connectivity index is 2.61. The van der Waals surface area contributed by atoms with E-state index in [9.17, 15) is 9.59 Å². The molecule has 0 saturated carbocycles. The number of hydrogen-bond acceptors (Lipinski definition) is 3. The zero-order chi connectivity index (χ0) is 13.7. The second kappa shape index (κ2) is 6.54. The number of amides is 1. The Morgan fingerprint density at radius 3 is 2.56 bits per heavy atom. The molecule has 0 aliphatic rings. The van der Waals surface area contributed by atoms with Gasteiger partial charge in [-0.05, 0) is 38.8 Å². The topological polar surface area (TPSA) is 64.0 Å². The molecular formula is C12H18ClN3O2. The molecule has 0 aliphatic heterocycles. The predicted octanol–water partition coefficient (Wildman–Crippen LogP) is 1.80. The molecule has 0 aromatic carbocycles. The first-order chi connectivity index (χ1) is 8.47. The fourth-order valence-corrected chi connectivity index (χ4v) is 1.98. The van der Waals surface area contributed by atoms with Gasteiger partial charge in [0.1, 0.15) is 0 Å². The highest BCUT2D eigenvalue weighted by Crippen LogP contribution is 2.12. The third-order valence-electron chi connectivity index (χ3n) is 2.74. The average molecular weight is 272 g/mol. The van der Waals surface area contributed by atoms with Crippen molar-refractivity contribution in [1.82, 2.24) is 15.1 Å². The number of aryl methyl sites for hydroxylation is 2. The van der Waals surface area contributed by atoms with E-state index < -0.39 is 0 Å². The van der Waals surface area contributed by atoms with Crippen LogP contribution in [-0.2, 0) is 11.3 Å². The summed E-state index contributed by atoms with van der Waals surface area (Å²) in [6.07, 6.45) is 0.822. The minimum atomic E-state index is -0.379. The fourth-order valence-electron chi connectivity index (χ4n) is 1.85. The van der Waals surface area contributed by atoms with Gasteiger partial charge < -0.3 is 5.32 Å². The second-order valence-corrected chi connectivity index (χ2v) is 4.50. The van der Waals surface area contributed by atoms with Crippen LogP contribution in [0.1, 0.15) is 41.5 Å². The summed E-state index contributed by atoms with van der Waals surface area (Å²) in [5, 5.41) is 6.68. The minimum Gasteiger partial charge on any atom is -0.352 e. The molecular weight excluding hydrogens is 254 g/mol. The normalized spacial score (nSPS) is 10.4. The van der Waals surface area contributed by atoms with Crippen LogP contribution in [0.15, 0.2) is 0 Å². The standard InChI is InChI=1S/C12H18ClN3O2/c1-4-16-9(3)11(8(2)15-16)12(18)14-7-5-6-10(13)17/h4-7H2,1-3H3,(H,14,18). The van der Waals surface area contributed by atoms with Crippen molar-refractivity contribution in [3.8, 4) is 0 Å². The maximum atomic E-state index is 12.0. The number of carbonyl (C=O) groups excluding carboxylic acids is 2. The Hall–Kier alpha value is -1.36. The molecule has 6 heteroatoms. The van der Waals surface area contributed by atoms with Gasteiger partial charge in [0.2, 0.25) is 5.24 Å². The van der Waals surface area contributed by atoms with Gasteiger partial charge in [0, 0.05) is 25.2 Å². The lowest BCUT2D eigenvalue weighted by Crippen LogP contribution is -2.25. The van der Waals surface area contributed by atoms with Crippen molar-refractivity contribution in [1.29, 1.82) is 0 Å². The van der Waals surface area contributed by atoms with Crippen molar-refractivity contribution in [2.75, 3.05) is 6.54 Å². The summed E-state index contributed by atoms with van der Waals surface area (Å²) in [6.45, 7) is 6.85. The van der Waals surface area contributed by atoms with Gasteiger partial charge in [0.25, 0.3) is 5.91 Å². The molecule has 1 amide bonds. The van der Waals surface area contributed by atoms with Gasteiger partial charge in [-0.15, -0.1) is 0 Å². The number of aromatic nitrogens is 2. The van der Waals surface area contributed by atoms with Gasteiger partial charge in [-0.1, -0.05) is 0 Å². The van der Waals surface area contributed by atoms with Crippen LogP contribution in [0.4, 0.5) is 0 Å². The first kappa shape index (κ1) is 14.7. The molecule has 0 radical (unpaired) electrons. The lowest BCUT2D eigenvalue weighted by Gasteiger charge is -2.05. The fraction of sp³-hybridized carbons (Fsp3) is 0.583. The lowest BCUT2D eigenvalue weighted by molar-refractivity contribution is -0.111. The molecule has 1 rings (SSSR count). The third kappa shape index (κ3) is 3.57. The van der Waals surface area contributed by atoms with Crippen LogP contribution in [0.5, 0.6) is 0 Å². The van der Waals surface area contributed by atoms with Gasteiger partial charge in [0.15, 0.2) is 0 Å². The molecule has 100 valence electrons. The highest BCUT2D eigenvalue weighted by molar-refractivity contribution is 6.63. The number of hydrogen-bond donors (Lipinski definition) is 1. The van der Waals surface area contributed by atoms with Crippen LogP contribution in [0.3, 0.4) is 0 Å². The summed E-state index contributed by atoms with van der Waals surface area (Å²) in [5.74, 6) is -0.147. The number of rotatable bonds is 6. The quantitative estimate of drug-likeness (QED) is 0.634. The molecule has 1 aromatic heterocycles. The Labute approximate surface area is 111 Å². The van der Waals surface area contributed by atoms with E-state index in [0.717, 1.165) is 17.9 Å². The maximum Gasteiger partial charge on any atom is 0.255 e. The number of halogens is 1. The number of nitrogens with zero attached hydrogens (tertiary/aromatic N) is 2. The smallest absolute Gasteiger partial charge is 0.255 e. The number of carbonyl (C=O) groups is 2. The minimum absolute atomic E-state index is 0.147. The molecule has 1 heterocycles. The Morgan fingerprint density at radius 1 is 1.39 bits per heavy atom. The van der Waals surface area contributed by atoms with E-state index in [-0.39, 0.29) is 17.6 Å². The molecule has 1 N–H and O–H groups in total. The van der Waals surface area contributed by atoms with Crippen molar-refractivity contribution in [3.05, 3.63) is 17.0 Å². The van der Waals surface area contributed by atoms with Gasteiger partial charge in [-0.25, -0.2) is 0 Å². The summed E-state index contributed by atoms with van der Waals surface area (Å²) in [7, 11) is 0. The van der Waals surface area contributed by atoms with E-state index in [1.165, 1.54) is 0 Å². The molecule has 0 unspecified atom stereocenters. The lowest BCUT2D eigenvalue weighted by atomic mass is 10.2. The number of nitrogens with one attached hydrogen (secondary N) is 1. The summed E-state index contributed by atoms with van der Waals surface area (Å²) in [5.41, 5.74) is 2.20. The summed E-state index contributed by atoms with van der Waals surface area (Å²) in [4.78, 5) is 22.5. The van der Waals surface area contributed by atoms with E-state index in [2.05, 4.69) is 10.4 Å². The third-order valence-corrected chi connectivity index (χ3v) is 2.93. The van der Waals surface area contributed by atoms with E-state index in [0.29, 0.717) is 18.5 Å². The molecule has 5 nitrogen and oxygen atoms in total. The van der Waals surface area contributed by atoms with Crippen LogP contribution in [0.2, 0.25) is 0 Å². The van der Waals surface area contributed by atoms with Crippen molar-refractivity contribution in [3.63, 3.8) is 0 Å². The zero-order valence-electron chi connectivity index (χ0n) is 10.9. The van der Waals surface area contributed by atoms with Gasteiger partial charge in [-0.3, -0.25) is 14.3 Å². The van der Waals surface area contributed by atoms with Crippen LogP contribution < -0.4 is 5.32 Å². The predicted molar refractivity (Wildman–Crippen MR) is 69.8 cm³/mol. The van der Waals surface area contributed by atoms with Crippen LogP contribution in [0, 0.1) is 13.8 Å². The average Bonchev–Trinajstić information content (AvgIpc) is 2.59. The Bertz CT molecular complexity index is 454.